The monoisotopic (exact) mass is 332 g/mol. The van der Waals surface area contributed by atoms with Crippen LogP contribution in [0.15, 0.2) is 15.8 Å². The molecule has 1 aromatic rings. The second-order valence-corrected chi connectivity index (χ2v) is 5.27. The topological polar surface area (TPSA) is 66.9 Å². The molecule has 0 radical (unpaired) electrons. The Kier molecular flexibility index (Phi) is 7.04. The summed E-state index contributed by atoms with van der Waals surface area (Å²) in [6.45, 7) is 5.49. The van der Waals surface area contributed by atoms with E-state index < -0.39 is 0 Å². The lowest BCUT2D eigenvalue weighted by Crippen LogP contribution is -2.24. The fourth-order valence-corrected chi connectivity index (χ4v) is 2.61. The number of nitrogens with zero attached hydrogens (tertiary/aromatic N) is 2. The minimum absolute atomic E-state index is 0.0103. The molecule has 1 aromatic heterocycles. The summed E-state index contributed by atoms with van der Waals surface area (Å²) < 4.78 is 0.813. The van der Waals surface area contributed by atoms with E-state index in [4.69, 9.17) is 0 Å². The van der Waals surface area contributed by atoms with Gasteiger partial charge in [-0.1, -0.05) is 18.7 Å². The summed E-state index contributed by atoms with van der Waals surface area (Å²) in [7, 11) is 0. The molecular formula is C11H17BrN4OS. The second-order valence-electron chi connectivity index (χ2n) is 3.51. The number of thioether (sulfide) groups is 1. The molecule has 0 bridgehead atoms. The largest absolute Gasteiger partial charge is 0.369 e. The Bertz CT molecular complexity index is 403. The van der Waals surface area contributed by atoms with Crippen molar-refractivity contribution >= 4 is 39.4 Å². The number of rotatable bonds is 7. The normalized spacial score (nSPS) is 10.2. The Labute approximate surface area is 120 Å². The lowest BCUT2D eigenvalue weighted by atomic mass is 10.4. The molecule has 0 fully saturated rings. The van der Waals surface area contributed by atoms with E-state index in [2.05, 4.69) is 43.5 Å². The Morgan fingerprint density at radius 3 is 2.89 bits per heavy atom. The van der Waals surface area contributed by atoms with Crippen molar-refractivity contribution in [2.75, 3.05) is 24.2 Å². The average Bonchev–Trinajstić information content (AvgIpc) is 2.36. The van der Waals surface area contributed by atoms with E-state index in [-0.39, 0.29) is 5.91 Å². The Morgan fingerprint density at radius 2 is 2.22 bits per heavy atom. The lowest BCUT2D eigenvalue weighted by molar-refractivity contribution is -0.118. The van der Waals surface area contributed by atoms with Gasteiger partial charge in [-0.15, -0.1) is 0 Å². The zero-order chi connectivity index (χ0) is 13.4. The molecule has 0 saturated heterocycles. The van der Waals surface area contributed by atoms with Crippen LogP contribution in [0.25, 0.3) is 0 Å². The maximum atomic E-state index is 11.4. The van der Waals surface area contributed by atoms with Gasteiger partial charge in [-0.3, -0.25) is 4.79 Å². The first-order valence-electron chi connectivity index (χ1n) is 5.82. The third-order valence-electron chi connectivity index (χ3n) is 2.01. The second kappa shape index (κ2) is 8.31. The Morgan fingerprint density at radius 1 is 1.44 bits per heavy atom. The van der Waals surface area contributed by atoms with E-state index in [1.807, 2.05) is 6.92 Å². The highest BCUT2D eigenvalue weighted by Crippen LogP contribution is 2.29. The number of carbonyl (C=O) groups is 1. The van der Waals surface area contributed by atoms with Gasteiger partial charge in [0, 0.05) is 13.1 Å². The number of anilines is 1. The van der Waals surface area contributed by atoms with E-state index in [9.17, 15) is 4.79 Å². The summed E-state index contributed by atoms with van der Waals surface area (Å²) in [5.41, 5.74) is 0. The molecule has 0 saturated carbocycles. The van der Waals surface area contributed by atoms with Gasteiger partial charge in [0.05, 0.1) is 10.2 Å². The van der Waals surface area contributed by atoms with E-state index in [1.165, 1.54) is 18.1 Å². The maximum Gasteiger partial charge on any atom is 0.230 e. The van der Waals surface area contributed by atoms with Crippen molar-refractivity contribution in [1.29, 1.82) is 0 Å². The minimum atomic E-state index is 0.0103. The van der Waals surface area contributed by atoms with Gasteiger partial charge in [0.2, 0.25) is 5.91 Å². The highest BCUT2D eigenvalue weighted by atomic mass is 79.9. The Balaban J connectivity index is 2.62. The van der Waals surface area contributed by atoms with Crippen molar-refractivity contribution in [3.05, 3.63) is 10.8 Å². The molecule has 0 unspecified atom stereocenters. The highest BCUT2D eigenvalue weighted by Gasteiger charge is 2.10. The van der Waals surface area contributed by atoms with E-state index in [0.29, 0.717) is 12.3 Å². The van der Waals surface area contributed by atoms with E-state index in [1.54, 1.807) is 0 Å². The predicted octanol–water partition coefficient (Wildman–Crippen LogP) is 2.29. The van der Waals surface area contributed by atoms with Crippen molar-refractivity contribution in [3.8, 4) is 0 Å². The van der Waals surface area contributed by atoms with Crippen LogP contribution in [0.4, 0.5) is 5.82 Å². The molecule has 0 aromatic carbocycles. The zero-order valence-electron chi connectivity index (χ0n) is 10.5. The van der Waals surface area contributed by atoms with Gasteiger partial charge in [-0.25, -0.2) is 9.97 Å². The van der Waals surface area contributed by atoms with Crippen molar-refractivity contribution in [3.63, 3.8) is 0 Å². The third-order valence-corrected chi connectivity index (χ3v) is 4.02. The van der Waals surface area contributed by atoms with Crippen molar-refractivity contribution in [2.24, 2.45) is 0 Å². The Hall–Kier alpha value is -0.820. The van der Waals surface area contributed by atoms with Crippen molar-refractivity contribution < 1.29 is 4.79 Å². The number of nitrogens with one attached hydrogen (secondary N) is 2. The summed E-state index contributed by atoms with van der Waals surface area (Å²) in [5, 5.41) is 6.73. The number of halogens is 1. The average molecular weight is 333 g/mol. The van der Waals surface area contributed by atoms with Gasteiger partial charge in [0.25, 0.3) is 0 Å². The first kappa shape index (κ1) is 15.2. The van der Waals surface area contributed by atoms with Crippen LogP contribution in [0.1, 0.15) is 20.3 Å². The highest BCUT2D eigenvalue weighted by molar-refractivity contribution is 9.10. The predicted molar refractivity (Wildman–Crippen MR) is 77.9 cm³/mol. The quantitative estimate of drug-likeness (QED) is 0.592. The molecule has 1 heterocycles. The van der Waals surface area contributed by atoms with Crippen LogP contribution < -0.4 is 10.6 Å². The van der Waals surface area contributed by atoms with Crippen molar-refractivity contribution in [2.45, 2.75) is 25.3 Å². The number of hydrogen-bond donors (Lipinski definition) is 2. The molecule has 18 heavy (non-hydrogen) atoms. The number of hydrogen-bond acceptors (Lipinski definition) is 5. The molecule has 0 aliphatic heterocycles. The molecule has 7 heteroatoms. The number of aromatic nitrogens is 2. The summed E-state index contributed by atoms with van der Waals surface area (Å²) in [4.78, 5) is 19.7. The zero-order valence-corrected chi connectivity index (χ0v) is 12.9. The SMILES string of the molecule is CCCNc1ncnc(SCC(=O)NCC)c1Br. The fourth-order valence-electron chi connectivity index (χ4n) is 1.20. The first-order chi connectivity index (χ1) is 8.69. The van der Waals surface area contributed by atoms with Crippen molar-refractivity contribution in [1.82, 2.24) is 15.3 Å². The van der Waals surface area contributed by atoms with Gasteiger partial charge >= 0.3 is 0 Å². The smallest absolute Gasteiger partial charge is 0.230 e. The molecule has 2 N–H and O–H groups in total. The van der Waals surface area contributed by atoms with Crippen LogP contribution >= 0.6 is 27.7 Å². The molecule has 0 spiro atoms. The van der Waals surface area contributed by atoms with Gasteiger partial charge in [0.1, 0.15) is 17.2 Å². The fraction of sp³-hybridized carbons (Fsp3) is 0.545. The van der Waals surface area contributed by atoms with E-state index in [0.717, 1.165) is 28.3 Å². The summed E-state index contributed by atoms with van der Waals surface area (Å²) in [6, 6.07) is 0. The van der Waals surface area contributed by atoms with E-state index >= 15 is 0 Å². The summed E-state index contributed by atoms with van der Waals surface area (Å²) in [5.74, 6) is 1.14. The molecule has 5 nitrogen and oxygen atoms in total. The van der Waals surface area contributed by atoms with Crippen LogP contribution in [0.2, 0.25) is 0 Å². The van der Waals surface area contributed by atoms with Gasteiger partial charge in [-0.05, 0) is 29.3 Å². The van der Waals surface area contributed by atoms with Gasteiger partial charge < -0.3 is 10.6 Å². The molecule has 0 aliphatic rings. The van der Waals surface area contributed by atoms with Crippen LogP contribution in [0.5, 0.6) is 0 Å². The molecular weight excluding hydrogens is 316 g/mol. The van der Waals surface area contributed by atoms with Crippen LogP contribution in [0.3, 0.4) is 0 Å². The minimum Gasteiger partial charge on any atom is -0.369 e. The third kappa shape index (κ3) is 4.81. The molecule has 100 valence electrons. The van der Waals surface area contributed by atoms with Crippen LogP contribution in [-0.4, -0.2) is 34.7 Å². The number of carbonyl (C=O) groups excluding carboxylic acids is 1. The first-order valence-corrected chi connectivity index (χ1v) is 7.60. The number of amides is 1. The lowest BCUT2D eigenvalue weighted by Gasteiger charge is -2.09. The molecule has 1 rings (SSSR count). The standard InChI is InChI=1S/C11H17BrN4OS/c1-3-5-14-10-9(12)11(16-7-15-10)18-6-8(17)13-4-2/h7H,3-6H2,1-2H3,(H,13,17)(H,14,15,16). The molecule has 0 aliphatic carbocycles. The van der Waals surface area contributed by atoms with Crippen LogP contribution in [-0.2, 0) is 4.79 Å². The summed E-state index contributed by atoms with van der Waals surface area (Å²) >= 11 is 4.85. The van der Waals surface area contributed by atoms with Gasteiger partial charge in [0.15, 0.2) is 0 Å². The molecule has 0 atom stereocenters. The molecule has 1 amide bonds. The van der Waals surface area contributed by atoms with Gasteiger partial charge in [-0.2, -0.15) is 0 Å². The maximum absolute atomic E-state index is 11.4. The summed E-state index contributed by atoms with van der Waals surface area (Å²) in [6.07, 6.45) is 2.53. The van der Waals surface area contributed by atoms with Crippen LogP contribution in [0, 0.1) is 0 Å².